The quantitative estimate of drug-likeness (QED) is 0.672. The van der Waals surface area contributed by atoms with Crippen molar-refractivity contribution in [2.45, 2.75) is 6.42 Å². The predicted molar refractivity (Wildman–Crippen MR) is 83.0 cm³/mol. The molecule has 0 saturated carbocycles. The van der Waals surface area contributed by atoms with Crippen LogP contribution < -0.4 is 10.1 Å². The molecule has 0 bridgehead atoms. The molecule has 0 aliphatic rings. The normalized spacial score (nSPS) is 10.8. The average molecular weight is 299 g/mol. The van der Waals surface area contributed by atoms with Gasteiger partial charge >= 0.3 is 0 Å². The van der Waals surface area contributed by atoms with Crippen molar-refractivity contribution in [2.24, 2.45) is 0 Å². The van der Waals surface area contributed by atoms with Crippen molar-refractivity contribution in [2.75, 3.05) is 25.6 Å². The number of aliphatic hydroxyl groups is 1. The number of aromatic nitrogens is 4. The summed E-state index contributed by atoms with van der Waals surface area (Å²) in [4.78, 5) is 8.56. The zero-order valence-electron chi connectivity index (χ0n) is 12.2. The molecule has 3 aromatic rings. The van der Waals surface area contributed by atoms with E-state index in [0.29, 0.717) is 18.8 Å². The first-order valence-electron chi connectivity index (χ1n) is 7.02. The SMILES string of the molecule is COc1ccc(-c2cnc3ccc(NCCCO)nn23)cn1. The Morgan fingerprint density at radius 3 is 2.82 bits per heavy atom. The summed E-state index contributed by atoms with van der Waals surface area (Å²) in [5.74, 6) is 1.30. The van der Waals surface area contributed by atoms with E-state index < -0.39 is 0 Å². The molecule has 0 spiro atoms. The predicted octanol–water partition coefficient (Wildman–Crippen LogP) is 1.59. The highest BCUT2D eigenvalue weighted by molar-refractivity contribution is 5.63. The molecular weight excluding hydrogens is 282 g/mol. The molecule has 3 heterocycles. The smallest absolute Gasteiger partial charge is 0.212 e. The topological polar surface area (TPSA) is 84.6 Å². The lowest BCUT2D eigenvalue weighted by Crippen LogP contribution is -2.07. The number of hydrogen-bond donors (Lipinski definition) is 2. The summed E-state index contributed by atoms with van der Waals surface area (Å²) in [6, 6.07) is 7.49. The van der Waals surface area contributed by atoms with E-state index in [1.807, 2.05) is 18.2 Å². The minimum absolute atomic E-state index is 0.156. The van der Waals surface area contributed by atoms with E-state index in [4.69, 9.17) is 9.84 Å². The first-order chi connectivity index (χ1) is 10.8. The van der Waals surface area contributed by atoms with Gasteiger partial charge in [-0.1, -0.05) is 0 Å². The Balaban J connectivity index is 1.93. The molecule has 0 atom stereocenters. The molecule has 0 unspecified atom stereocenters. The second-order valence-corrected chi connectivity index (χ2v) is 4.73. The Bertz CT molecular complexity index is 754. The average Bonchev–Trinajstić information content (AvgIpc) is 2.98. The monoisotopic (exact) mass is 299 g/mol. The van der Waals surface area contributed by atoms with E-state index in [0.717, 1.165) is 22.7 Å². The maximum absolute atomic E-state index is 8.83. The molecule has 3 aromatic heterocycles. The summed E-state index contributed by atoms with van der Waals surface area (Å²) in [5, 5.41) is 16.5. The lowest BCUT2D eigenvalue weighted by molar-refractivity contribution is 0.292. The number of imidazole rings is 1. The first-order valence-corrected chi connectivity index (χ1v) is 7.02. The van der Waals surface area contributed by atoms with Crippen molar-refractivity contribution in [1.29, 1.82) is 0 Å². The molecule has 0 aliphatic heterocycles. The van der Waals surface area contributed by atoms with Crippen LogP contribution in [0.3, 0.4) is 0 Å². The highest BCUT2D eigenvalue weighted by atomic mass is 16.5. The van der Waals surface area contributed by atoms with E-state index >= 15 is 0 Å². The second kappa shape index (κ2) is 6.40. The summed E-state index contributed by atoms with van der Waals surface area (Å²) < 4.78 is 6.84. The highest BCUT2D eigenvalue weighted by Gasteiger charge is 2.08. The van der Waals surface area contributed by atoms with Gasteiger partial charge in [0.05, 0.1) is 19.0 Å². The van der Waals surface area contributed by atoms with Crippen LogP contribution in [0, 0.1) is 0 Å². The number of rotatable bonds is 6. The summed E-state index contributed by atoms with van der Waals surface area (Å²) in [6.45, 7) is 0.826. The van der Waals surface area contributed by atoms with Crippen LogP contribution in [0.2, 0.25) is 0 Å². The Morgan fingerprint density at radius 2 is 2.09 bits per heavy atom. The van der Waals surface area contributed by atoms with E-state index in [9.17, 15) is 0 Å². The summed E-state index contributed by atoms with van der Waals surface area (Å²) in [6.07, 6.45) is 4.18. The molecule has 0 radical (unpaired) electrons. The number of ether oxygens (including phenoxy) is 1. The number of fused-ring (bicyclic) bond motifs is 1. The van der Waals surface area contributed by atoms with E-state index in [2.05, 4.69) is 20.4 Å². The minimum atomic E-state index is 0.156. The van der Waals surface area contributed by atoms with E-state index in [1.54, 1.807) is 30.1 Å². The maximum atomic E-state index is 8.83. The second-order valence-electron chi connectivity index (χ2n) is 4.73. The third-order valence-corrected chi connectivity index (χ3v) is 3.24. The number of aliphatic hydroxyl groups excluding tert-OH is 1. The van der Waals surface area contributed by atoms with Gasteiger partial charge in [0.15, 0.2) is 5.65 Å². The number of hydrogen-bond acceptors (Lipinski definition) is 6. The third-order valence-electron chi connectivity index (χ3n) is 3.24. The van der Waals surface area contributed by atoms with Crippen molar-refractivity contribution in [3.05, 3.63) is 36.7 Å². The van der Waals surface area contributed by atoms with E-state index in [1.165, 1.54) is 0 Å². The molecule has 7 heteroatoms. The highest BCUT2D eigenvalue weighted by Crippen LogP contribution is 2.21. The van der Waals surface area contributed by atoms with Crippen molar-refractivity contribution < 1.29 is 9.84 Å². The molecule has 114 valence electrons. The summed E-state index contributed by atoms with van der Waals surface area (Å²) in [7, 11) is 1.59. The molecule has 0 saturated heterocycles. The molecule has 2 N–H and O–H groups in total. The van der Waals surface area contributed by atoms with E-state index in [-0.39, 0.29) is 6.61 Å². The van der Waals surface area contributed by atoms with Gasteiger partial charge in [0.2, 0.25) is 5.88 Å². The van der Waals surface area contributed by atoms with Crippen LogP contribution in [-0.2, 0) is 0 Å². The lowest BCUT2D eigenvalue weighted by atomic mass is 10.2. The number of pyridine rings is 1. The number of anilines is 1. The van der Waals surface area contributed by atoms with Crippen LogP contribution in [0.5, 0.6) is 5.88 Å². The Morgan fingerprint density at radius 1 is 1.18 bits per heavy atom. The Hall–Kier alpha value is -2.67. The molecule has 0 aliphatic carbocycles. The third kappa shape index (κ3) is 2.84. The fourth-order valence-corrected chi connectivity index (χ4v) is 2.11. The first kappa shape index (κ1) is 14.3. The standard InChI is InChI=1S/C15H17N5O2/c1-22-15-6-3-11(9-18-15)12-10-17-14-5-4-13(19-20(12)14)16-7-2-8-21/h3-6,9-10,21H,2,7-8H2,1H3,(H,16,19). The summed E-state index contributed by atoms with van der Waals surface area (Å²) in [5.41, 5.74) is 2.53. The molecule has 0 fully saturated rings. The minimum Gasteiger partial charge on any atom is -0.481 e. The zero-order valence-corrected chi connectivity index (χ0v) is 12.2. The van der Waals surface area contributed by atoms with Crippen LogP contribution >= 0.6 is 0 Å². The van der Waals surface area contributed by atoms with Crippen molar-refractivity contribution >= 4 is 11.5 Å². The number of nitrogens with zero attached hydrogens (tertiary/aromatic N) is 4. The molecular formula is C15H17N5O2. The van der Waals surface area contributed by atoms with Gasteiger partial charge in [-0.05, 0) is 24.6 Å². The lowest BCUT2D eigenvalue weighted by Gasteiger charge is -2.06. The van der Waals surface area contributed by atoms with Crippen LogP contribution in [-0.4, -0.2) is 45.0 Å². The number of methoxy groups -OCH3 is 1. The van der Waals surface area contributed by atoms with Crippen molar-refractivity contribution in [3.8, 4) is 17.1 Å². The fraction of sp³-hybridized carbons (Fsp3) is 0.267. The molecule has 7 nitrogen and oxygen atoms in total. The Labute approximate surface area is 127 Å². The van der Waals surface area contributed by atoms with Gasteiger partial charge in [0.1, 0.15) is 5.82 Å². The van der Waals surface area contributed by atoms with Crippen LogP contribution in [0.1, 0.15) is 6.42 Å². The van der Waals surface area contributed by atoms with Gasteiger partial charge in [-0.15, -0.1) is 5.10 Å². The van der Waals surface area contributed by atoms with Crippen molar-refractivity contribution in [1.82, 2.24) is 19.6 Å². The van der Waals surface area contributed by atoms with Gasteiger partial charge in [-0.25, -0.2) is 14.5 Å². The fourth-order valence-electron chi connectivity index (χ4n) is 2.11. The number of nitrogens with one attached hydrogen (secondary N) is 1. The van der Waals surface area contributed by atoms with Crippen LogP contribution in [0.25, 0.3) is 16.9 Å². The van der Waals surface area contributed by atoms with Gasteiger partial charge in [-0.3, -0.25) is 0 Å². The zero-order chi connectivity index (χ0) is 15.4. The molecule has 0 amide bonds. The van der Waals surface area contributed by atoms with Gasteiger partial charge in [-0.2, -0.15) is 0 Å². The summed E-state index contributed by atoms with van der Waals surface area (Å²) >= 11 is 0. The van der Waals surface area contributed by atoms with Crippen LogP contribution in [0.4, 0.5) is 5.82 Å². The molecule has 0 aromatic carbocycles. The maximum Gasteiger partial charge on any atom is 0.212 e. The van der Waals surface area contributed by atoms with Gasteiger partial charge in [0.25, 0.3) is 0 Å². The molecule has 22 heavy (non-hydrogen) atoms. The van der Waals surface area contributed by atoms with Crippen LogP contribution in [0.15, 0.2) is 36.7 Å². The largest absolute Gasteiger partial charge is 0.481 e. The molecule has 3 rings (SSSR count). The van der Waals surface area contributed by atoms with Crippen molar-refractivity contribution in [3.63, 3.8) is 0 Å². The van der Waals surface area contributed by atoms with Gasteiger partial charge in [0, 0.05) is 31.0 Å². The Kier molecular flexibility index (Phi) is 4.15. The van der Waals surface area contributed by atoms with Gasteiger partial charge < -0.3 is 15.2 Å².